The van der Waals surface area contributed by atoms with Gasteiger partial charge >= 0.3 is 0 Å². The summed E-state index contributed by atoms with van der Waals surface area (Å²) in [5.41, 5.74) is 0. The molecule has 1 amide bonds. The number of sulfonamides is 1. The summed E-state index contributed by atoms with van der Waals surface area (Å²) in [6.45, 7) is 2.83. The van der Waals surface area contributed by atoms with Gasteiger partial charge in [0.15, 0.2) is 0 Å². The Kier molecular flexibility index (Phi) is 6.92. The Morgan fingerprint density at radius 1 is 1.35 bits per heavy atom. The van der Waals surface area contributed by atoms with E-state index in [-0.39, 0.29) is 11.7 Å². The standard InChI is InChI=1S/C16H24N2O3S2/c1-2-13-23(20,21)18-11-6-9-15(18)16(19)17-10-12-22-14-7-4-3-5-8-14/h3-5,7-8,15H,2,6,9-13H2,1H3,(H,17,19). The van der Waals surface area contributed by atoms with Gasteiger partial charge in [-0.15, -0.1) is 11.8 Å². The summed E-state index contributed by atoms with van der Waals surface area (Å²) in [5, 5.41) is 2.87. The number of benzene rings is 1. The van der Waals surface area contributed by atoms with Crippen LogP contribution >= 0.6 is 11.8 Å². The first-order valence-corrected chi connectivity index (χ1v) is 10.6. The van der Waals surface area contributed by atoms with E-state index in [1.54, 1.807) is 11.8 Å². The lowest BCUT2D eigenvalue weighted by molar-refractivity contribution is -0.124. The molecule has 0 spiro atoms. The van der Waals surface area contributed by atoms with Gasteiger partial charge in [-0.1, -0.05) is 25.1 Å². The molecule has 2 rings (SSSR count). The molecule has 1 aromatic carbocycles. The molecule has 0 radical (unpaired) electrons. The van der Waals surface area contributed by atoms with Crippen molar-refractivity contribution in [1.29, 1.82) is 0 Å². The predicted molar refractivity (Wildman–Crippen MR) is 94.0 cm³/mol. The summed E-state index contributed by atoms with van der Waals surface area (Å²) in [6, 6.07) is 9.46. The van der Waals surface area contributed by atoms with E-state index in [1.165, 1.54) is 4.31 Å². The fraction of sp³-hybridized carbons (Fsp3) is 0.562. The SMILES string of the molecule is CCCS(=O)(=O)N1CCCC1C(=O)NCCSc1ccccc1. The Morgan fingerprint density at radius 3 is 2.78 bits per heavy atom. The van der Waals surface area contributed by atoms with E-state index in [2.05, 4.69) is 5.32 Å². The van der Waals surface area contributed by atoms with Gasteiger partial charge in [0.2, 0.25) is 15.9 Å². The van der Waals surface area contributed by atoms with Crippen LogP contribution in [0, 0.1) is 0 Å². The highest BCUT2D eigenvalue weighted by Crippen LogP contribution is 2.22. The van der Waals surface area contributed by atoms with Crippen LogP contribution in [0.4, 0.5) is 0 Å². The van der Waals surface area contributed by atoms with Gasteiger partial charge in [-0.25, -0.2) is 8.42 Å². The van der Waals surface area contributed by atoms with Crippen LogP contribution in [0.25, 0.3) is 0 Å². The first-order valence-electron chi connectivity index (χ1n) is 7.99. The number of thioether (sulfide) groups is 1. The maximum Gasteiger partial charge on any atom is 0.238 e. The zero-order valence-corrected chi connectivity index (χ0v) is 15.0. The molecule has 0 aromatic heterocycles. The van der Waals surface area contributed by atoms with E-state index in [9.17, 15) is 13.2 Å². The van der Waals surface area contributed by atoms with E-state index in [4.69, 9.17) is 0 Å². The molecule has 0 bridgehead atoms. The van der Waals surface area contributed by atoms with E-state index in [0.717, 1.165) is 17.1 Å². The predicted octanol–water partition coefficient (Wildman–Crippen LogP) is 2.10. The third-order valence-electron chi connectivity index (χ3n) is 3.74. The molecule has 1 heterocycles. The van der Waals surface area contributed by atoms with E-state index in [0.29, 0.717) is 25.9 Å². The van der Waals surface area contributed by atoms with Crippen molar-refractivity contribution in [3.63, 3.8) is 0 Å². The minimum atomic E-state index is -3.31. The highest BCUT2D eigenvalue weighted by atomic mass is 32.2. The van der Waals surface area contributed by atoms with Crippen LogP contribution in [0.1, 0.15) is 26.2 Å². The lowest BCUT2D eigenvalue weighted by atomic mass is 10.2. The van der Waals surface area contributed by atoms with Crippen LogP contribution in [-0.4, -0.2) is 49.3 Å². The molecule has 0 saturated carbocycles. The Balaban J connectivity index is 1.80. The largest absolute Gasteiger partial charge is 0.354 e. The Morgan fingerprint density at radius 2 is 2.09 bits per heavy atom. The molecule has 1 unspecified atom stereocenters. The maximum atomic E-state index is 12.3. The van der Waals surface area contributed by atoms with Crippen molar-refractivity contribution in [3.8, 4) is 0 Å². The van der Waals surface area contributed by atoms with Crippen molar-refractivity contribution in [2.24, 2.45) is 0 Å². The average molecular weight is 357 g/mol. The van der Waals surface area contributed by atoms with Gasteiger partial charge < -0.3 is 5.32 Å². The molecule has 1 fully saturated rings. The van der Waals surface area contributed by atoms with Gasteiger partial charge in [0, 0.05) is 23.7 Å². The van der Waals surface area contributed by atoms with Crippen LogP contribution in [-0.2, 0) is 14.8 Å². The zero-order chi connectivity index (χ0) is 16.7. The minimum Gasteiger partial charge on any atom is -0.354 e. The second-order valence-corrected chi connectivity index (χ2v) is 8.75. The van der Waals surface area contributed by atoms with E-state index < -0.39 is 16.1 Å². The van der Waals surface area contributed by atoms with Gasteiger partial charge in [0.25, 0.3) is 0 Å². The van der Waals surface area contributed by atoms with Gasteiger partial charge in [-0.2, -0.15) is 4.31 Å². The molecular weight excluding hydrogens is 332 g/mol. The summed E-state index contributed by atoms with van der Waals surface area (Å²) in [4.78, 5) is 13.5. The fourth-order valence-electron chi connectivity index (χ4n) is 2.69. The molecule has 23 heavy (non-hydrogen) atoms. The number of nitrogens with one attached hydrogen (secondary N) is 1. The quantitative estimate of drug-likeness (QED) is 0.572. The number of hydrogen-bond donors (Lipinski definition) is 1. The molecule has 5 nitrogen and oxygen atoms in total. The lowest BCUT2D eigenvalue weighted by Gasteiger charge is -2.23. The van der Waals surface area contributed by atoms with Crippen LogP contribution < -0.4 is 5.32 Å². The molecule has 1 atom stereocenters. The van der Waals surface area contributed by atoms with Gasteiger partial charge in [-0.05, 0) is 31.4 Å². The number of nitrogens with zero attached hydrogens (tertiary/aromatic N) is 1. The molecular formula is C16H24N2O3S2. The number of carbonyl (C=O) groups excluding carboxylic acids is 1. The topological polar surface area (TPSA) is 66.5 Å². The molecule has 0 aliphatic carbocycles. The molecule has 1 aliphatic rings. The van der Waals surface area contributed by atoms with Crippen LogP contribution in [0.3, 0.4) is 0 Å². The lowest BCUT2D eigenvalue weighted by Crippen LogP contribution is -2.47. The zero-order valence-electron chi connectivity index (χ0n) is 13.4. The van der Waals surface area contributed by atoms with E-state index >= 15 is 0 Å². The monoisotopic (exact) mass is 356 g/mol. The van der Waals surface area contributed by atoms with Gasteiger partial charge in [-0.3, -0.25) is 4.79 Å². The summed E-state index contributed by atoms with van der Waals surface area (Å²) in [6.07, 6.45) is 1.93. The van der Waals surface area contributed by atoms with Crippen molar-refractivity contribution >= 4 is 27.7 Å². The van der Waals surface area contributed by atoms with Crippen LogP contribution in [0.15, 0.2) is 35.2 Å². The average Bonchev–Trinajstić information content (AvgIpc) is 3.03. The summed E-state index contributed by atoms with van der Waals surface area (Å²) in [5.74, 6) is 0.709. The molecule has 1 aromatic rings. The molecule has 1 N–H and O–H groups in total. The smallest absolute Gasteiger partial charge is 0.238 e. The highest BCUT2D eigenvalue weighted by molar-refractivity contribution is 7.99. The molecule has 1 aliphatic heterocycles. The molecule has 7 heteroatoms. The second kappa shape index (κ2) is 8.70. The van der Waals surface area contributed by atoms with E-state index in [1.807, 2.05) is 37.3 Å². The van der Waals surface area contributed by atoms with Crippen molar-refractivity contribution < 1.29 is 13.2 Å². The van der Waals surface area contributed by atoms with Crippen LogP contribution in [0.5, 0.6) is 0 Å². The first-order chi connectivity index (χ1) is 11.0. The summed E-state index contributed by atoms with van der Waals surface area (Å²) < 4.78 is 25.8. The van der Waals surface area contributed by atoms with Crippen molar-refractivity contribution in [2.45, 2.75) is 37.1 Å². The van der Waals surface area contributed by atoms with Crippen LogP contribution in [0.2, 0.25) is 0 Å². The Bertz CT molecular complexity index is 605. The number of carbonyl (C=O) groups is 1. The number of rotatable bonds is 8. The highest BCUT2D eigenvalue weighted by Gasteiger charge is 2.37. The third-order valence-corrected chi connectivity index (χ3v) is 6.83. The van der Waals surface area contributed by atoms with Crippen molar-refractivity contribution in [3.05, 3.63) is 30.3 Å². The summed E-state index contributed by atoms with van der Waals surface area (Å²) >= 11 is 1.67. The van der Waals surface area contributed by atoms with Gasteiger partial charge in [0.1, 0.15) is 6.04 Å². The molecule has 128 valence electrons. The summed E-state index contributed by atoms with van der Waals surface area (Å²) in [7, 11) is -3.31. The minimum absolute atomic E-state index is 0.112. The number of hydrogen-bond acceptors (Lipinski definition) is 4. The van der Waals surface area contributed by atoms with Gasteiger partial charge in [0.05, 0.1) is 5.75 Å². The third kappa shape index (κ3) is 5.22. The first kappa shape index (κ1) is 18.3. The Labute approximate surface area is 142 Å². The Hall–Kier alpha value is -1.05. The molecule has 1 saturated heterocycles. The maximum absolute atomic E-state index is 12.3. The normalized spacial score (nSPS) is 18.9. The second-order valence-electron chi connectivity index (χ2n) is 5.54. The fourth-order valence-corrected chi connectivity index (χ4v) is 5.22. The number of amides is 1. The van der Waals surface area contributed by atoms with Crippen molar-refractivity contribution in [2.75, 3.05) is 24.6 Å². The van der Waals surface area contributed by atoms with Crippen molar-refractivity contribution in [1.82, 2.24) is 9.62 Å².